The number of nitro groups is 1. The molecule has 0 aliphatic rings. The SMILES string of the molecule is COc1ccc(-c2nc(C(F)(F)F)oc2-c2ccc(OCCN(C(=O)[O-])c3ccc([N+](=O)[O-])cc3)cc2)cn1. The maximum atomic E-state index is 13.3. The molecule has 2 aromatic heterocycles. The Morgan fingerprint density at radius 3 is 2.26 bits per heavy atom. The summed E-state index contributed by atoms with van der Waals surface area (Å²) in [6.07, 6.45) is -5.04. The Bertz CT molecular complexity index is 1460. The first kappa shape index (κ1) is 26.9. The summed E-state index contributed by atoms with van der Waals surface area (Å²) in [6.45, 7) is -0.277. The largest absolute Gasteiger partial charge is 0.530 e. The third kappa shape index (κ3) is 6.23. The molecule has 0 N–H and O–H groups in total. The van der Waals surface area contributed by atoms with E-state index in [9.17, 15) is 33.2 Å². The number of ether oxygens (including phenoxy) is 2. The maximum Gasteiger partial charge on any atom is 0.468 e. The van der Waals surface area contributed by atoms with Crippen LogP contribution in [0, 0.1) is 10.1 Å². The number of oxazole rings is 1. The second-order valence-corrected chi connectivity index (χ2v) is 7.85. The molecule has 0 saturated carbocycles. The monoisotopic (exact) mass is 543 g/mol. The Labute approximate surface area is 218 Å². The van der Waals surface area contributed by atoms with Gasteiger partial charge in [0.05, 0.1) is 18.6 Å². The molecule has 2 aromatic carbocycles. The van der Waals surface area contributed by atoms with Crippen LogP contribution in [0.5, 0.6) is 11.6 Å². The van der Waals surface area contributed by atoms with Gasteiger partial charge < -0.3 is 28.7 Å². The second kappa shape index (κ2) is 11.1. The van der Waals surface area contributed by atoms with E-state index in [4.69, 9.17) is 13.9 Å². The number of benzene rings is 2. The van der Waals surface area contributed by atoms with E-state index in [1.54, 1.807) is 0 Å². The Hall–Kier alpha value is -5.14. The number of carboxylic acid groups (broad SMARTS) is 1. The third-order valence-electron chi connectivity index (χ3n) is 5.38. The number of pyridine rings is 1. The smallest absolute Gasteiger partial charge is 0.468 e. The highest BCUT2D eigenvalue weighted by atomic mass is 19.4. The van der Waals surface area contributed by atoms with Crippen LogP contribution >= 0.6 is 0 Å². The van der Waals surface area contributed by atoms with E-state index in [1.807, 2.05) is 0 Å². The summed E-state index contributed by atoms with van der Waals surface area (Å²) in [6, 6.07) is 13.7. The molecular formula is C25H18F3N4O7-. The molecule has 4 rings (SSSR count). The molecule has 0 atom stereocenters. The number of aromatic nitrogens is 2. The van der Waals surface area contributed by atoms with E-state index in [2.05, 4.69) is 9.97 Å². The van der Waals surface area contributed by atoms with Gasteiger partial charge >= 0.3 is 12.1 Å². The Morgan fingerprint density at radius 1 is 1.05 bits per heavy atom. The van der Waals surface area contributed by atoms with Crippen LogP contribution in [0.15, 0.2) is 71.3 Å². The van der Waals surface area contributed by atoms with Gasteiger partial charge in [-0.15, -0.1) is 0 Å². The van der Waals surface area contributed by atoms with Crippen LogP contribution in [-0.2, 0) is 6.18 Å². The lowest BCUT2D eigenvalue weighted by Gasteiger charge is -2.25. The van der Waals surface area contributed by atoms with Gasteiger partial charge in [-0.25, -0.2) is 9.97 Å². The number of nitrogens with zero attached hydrogens (tertiary/aromatic N) is 4. The van der Waals surface area contributed by atoms with E-state index in [0.717, 1.165) is 17.0 Å². The van der Waals surface area contributed by atoms with Crippen molar-refractivity contribution in [3.63, 3.8) is 0 Å². The van der Waals surface area contributed by atoms with Gasteiger partial charge in [-0.3, -0.25) is 10.1 Å². The van der Waals surface area contributed by atoms with Gasteiger partial charge in [0.15, 0.2) is 5.76 Å². The number of anilines is 1. The number of methoxy groups -OCH3 is 1. The van der Waals surface area contributed by atoms with Crippen molar-refractivity contribution in [1.82, 2.24) is 9.97 Å². The summed E-state index contributed by atoms with van der Waals surface area (Å²) in [5, 5.41) is 22.3. The molecule has 0 aliphatic carbocycles. The molecule has 202 valence electrons. The van der Waals surface area contributed by atoms with Gasteiger partial charge in [0.2, 0.25) is 5.88 Å². The van der Waals surface area contributed by atoms with E-state index >= 15 is 0 Å². The van der Waals surface area contributed by atoms with Crippen molar-refractivity contribution in [2.75, 3.05) is 25.2 Å². The van der Waals surface area contributed by atoms with Gasteiger partial charge in [0, 0.05) is 41.2 Å². The minimum Gasteiger partial charge on any atom is -0.530 e. The van der Waals surface area contributed by atoms with Gasteiger partial charge in [-0.2, -0.15) is 13.2 Å². The zero-order chi connectivity index (χ0) is 28.2. The minimum atomic E-state index is -4.81. The van der Waals surface area contributed by atoms with Gasteiger partial charge in [-0.05, 0) is 42.5 Å². The molecule has 0 spiro atoms. The normalized spacial score (nSPS) is 11.2. The highest BCUT2D eigenvalue weighted by Crippen LogP contribution is 2.38. The number of alkyl halides is 3. The average Bonchev–Trinajstić information content (AvgIpc) is 3.38. The summed E-state index contributed by atoms with van der Waals surface area (Å²) < 4.78 is 55.6. The topological polar surface area (TPSA) is 144 Å². The van der Waals surface area contributed by atoms with E-state index in [1.165, 1.54) is 61.8 Å². The van der Waals surface area contributed by atoms with Crippen molar-refractivity contribution < 1.29 is 41.9 Å². The van der Waals surface area contributed by atoms with Crippen molar-refractivity contribution in [2.45, 2.75) is 6.18 Å². The predicted molar refractivity (Wildman–Crippen MR) is 128 cm³/mol. The Kier molecular flexibility index (Phi) is 7.65. The van der Waals surface area contributed by atoms with Gasteiger partial charge in [0.25, 0.3) is 5.69 Å². The minimum absolute atomic E-state index is 0.0705. The van der Waals surface area contributed by atoms with Crippen LogP contribution in [0.1, 0.15) is 5.89 Å². The maximum absolute atomic E-state index is 13.3. The van der Waals surface area contributed by atoms with Crippen molar-refractivity contribution in [3.05, 3.63) is 82.9 Å². The molecule has 0 bridgehead atoms. The fourth-order valence-electron chi connectivity index (χ4n) is 3.51. The van der Waals surface area contributed by atoms with Crippen molar-refractivity contribution >= 4 is 17.5 Å². The molecule has 0 fully saturated rings. The summed E-state index contributed by atoms with van der Waals surface area (Å²) >= 11 is 0. The molecule has 39 heavy (non-hydrogen) atoms. The summed E-state index contributed by atoms with van der Waals surface area (Å²) in [5.41, 5.74) is 0.441. The summed E-state index contributed by atoms with van der Waals surface area (Å²) in [7, 11) is 1.40. The van der Waals surface area contributed by atoms with Gasteiger partial charge in [0.1, 0.15) is 24.1 Å². The standard InChI is InChI=1S/C25H19F3N4O7/c1-37-20-11-4-16(14-29-20)21-22(39-23(30-21)25(26,27)28)15-2-9-19(10-3-15)38-13-12-31(24(33)34)17-5-7-18(8-6-17)32(35)36/h2-11,14H,12-13H2,1H3,(H,33,34)/p-1. The fourth-order valence-corrected chi connectivity index (χ4v) is 3.51. The third-order valence-corrected chi connectivity index (χ3v) is 5.38. The van der Waals surface area contributed by atoms with Crippen LogP contribution in [0.2, 0.25) is 0 Å². The van der Waals surface area contributed by atoms with Crippen molar-refractivity contribution in [2.24, 2.45) is 0 Å². The molecule has 0 unspecified atom stereocenters. The molecule has 4 aromatic rings. The zero-order valence-electron chi connectivity index (χ0n) is 20.0. The number of nitro benzene ring substituents is 1. The number of hydrogen-bond donors (Lipinski definition) is 0. The van der Waals surface area contributed by atoms with Crippen molar-refractivity contribution in [1.29, 1.82) is 0 Å². The van der Waals surface area contributed by atoms with Crippen LogP contribution in [0.25, 0.3) is 22.6 Å². The van der Waals surface area contributed by atoms with Crippen molar-refractivity contribution in [3.8, 4) is 34.2 Å². The van der Waals surface area contributed by atoms with Gasteiger partial charge in [-0.1, -0.05) is 0 Å². The lowest BCUT2D eigenvalue weighted by atomic mass is 10.1. The first-order valence-corrected chi connectivity index (χ1v) is 11.1. The summed E-state index contributed by atoms with van der Waals surface area (Å²) in [4.78, 5) is 30.2. The molecule has 2 heterocycles. The highest BCUT2D eigenvalue weighted by Gasteiger charge is 2.39. The quantitative estimate of drug-likeness (QED) is 0.219. The molecule has 0 aliphatic heterocycles. The second-order valence-electron chi connectivity index (χ2n) is 7.85. The fraction of sp³-hybridized carbons (Fsp3) is 0.160. The van der Waals surface area contributed by atoms with E-state index in [0.29, 0.717) is 5.75 Å². The molecule has 1 amide bonds. The Balaban J connectivity index is 1.49. The van der Waals surface area contributed by atoms with Crippen LogP contribution in [0.4, 0.5) is 29.3 Å². The van der Waals surface area contributed by atoms with Crippen LogP contribution in [-0.4, -0.2) is 41.2 Å². The Morgan fingerprint density at radius 2 is 1.72 bits per heavy atom. The molecular weight excluding hydrogens is 525 g/mol. The first-order chi connectivity index (χ1) is 18.6. The molecule has 0 saturated heterocycles. The lowest BCUT2D eigenvalue weighted by molar-refractivity contribution is -0.384. The zero-order valence-corrected chi connectivity index (χ0v) is 20.0. The van der Waals surface area contributed by atoms with Crippen LogP contribution < -0.4 is 19.5 Å². The number of non-ortho nitro benzene ring substituents is 1. The number of halogens is 3. The first-order valence-electron chi connectivity index (χ1n) is 11.1. The molecule has 11 nitrogen and oxygen atoms in total. The van der Waals surface area contributed by atoms with Crippen LogP contribution in [0.3, 0.4) is 0 Å². The average molecular weight is 543 g/mol. The van der Waals surface area contributed by atoms with E-state index in [-0.39, 0.29) is 53.0 Å². The number of hydrogen-bond acceptors (Lipinski definition) is 9. The molecule has 14 heteroatoms. The lowest BCUT2D eigenvalue weighted by Crippen LogP contribution is -2.43. The predicted octanol–water partition coefficient (Wildman–Crippen LogP) is 4.57. The molecule has 0 radical (unpaired) electrons. The highest BCUT2D eigenvalue weighted by molar-refractivity contribution is 5.84. The number of amides is 1. The van der Waals surface area contributed by atoms with E-state index < -0.39 is 23.1 Å². The number of carbonyl (C=O) groups is 1. The number of carbonyl (C=O) groups excluding carboxylic acids is 1. The number of rotatable bonds is 9. The summed E-state index contributed by atoms with van der Waals surface area (Å²) in [5.74, 6) is -0.990.